The second-order valence-electron chi connectivity index (χ2n) is 4.14. The van der Waals surface area contributed by atoms with E-state index in [2.05, 4.69) is 25.9 Å². The summed E-state index contributed by atoms with van der Waals surface area (Å²) < 4.78 is 5.78. The van der Waals surface area contributed by atoms with E-state index in [1.165, 1.54) is 6.07 Å². The summed E-state index contributed by atoms with van der Waals surface area (Å²) >= 11 is 3.23. The monoisotopic (exact) mass is 338 g/mol. The van der Waals surface area contributed by atoms with Crippen molar-refractivity contribution in [3.8, 4) is 22.9 Å². The lowest BCUT2D eigenvalue weighted by atomic mass is 10.2. The van der Waals surface area contributed by atoms with Crippen LogP contribution < -0.4 is 10.3 Å². The second kappa shape index (κ2) is 6.09. The van der Waals surface area contributed by atoms with Gasteiger partial charge in [-0.1, -0.05) is 6.92 Å². The van der Waals surface area contributed by atoms with Crippen molar-refractivity contribution in [2.75, 3.05) is 6.61 Å². The van der Waals surface area contributed by atoms with Gasteiger partial charge in [-0.25, -0.2) is 4.98 Å². The fourth-order valence-electron chi connectivity index (χ4n) is 1.81. The molecule has 0 aliphatic carbocycles. The van der Waals surface area contributed by atoms with Crippen LogP contribution in [-0.2, 0) is 6.42 Å². The molecule has 1 heterocycles. The molecule has 1 aromatic heterocycles. The maximum atomic E-state index is 11.8. The largest absolute Gasteiger partial charge is 0.504 e. The minimum Gasteiger partial charge on any atom is -0.504 e. The first kappa shape index (κ1) is 14.6. The molecular weight excluding hydrogens is 324 g/mol. The molecule has 2 N–H and O–H groups in total. The summed E-state index contributed by atoms with van der Waals surface area (Å²) in [5.74, 6) is 0.885. The molecule has 0 bridgehead atoms. The molecular formula is C14H15BrN2O3. The van der Waals surface area contributed by atoms with E-state index in [0.717, 1.165) is 0 Å². The normalized spacial score (nSPS) is 10.6. The van der Waals surface area contributed by atoms with Crippen LogP contribution in [0.4, 0.5) is 0 Å². The molecule has 0 saturated heterocycles. The van der Waals surface area contributed by atoms with Gasteiger partial charge < -0.3 is 14.8 Å². The number of rotatable bonds is 4. The van der Waals surface area contributed by atoms with E-state index in [1.807, 2.05) is 13.8 Å². The summed E-state index contributed by atoms with van der Waals surface area (Å²) in [6.45, 7) is 4.21. The molecule has 0 unspecified atom stereocenters. The van der Waals surface area contributed by atoms with Crippen molar-refractivity contribution in [1.29, 1.82) is 0 Å². The Balaban J connectivity index is 2.54. The van der Waals surface area contributed by atoms with E-state index < -0.39 is 0 Å². The third-order valence-corrected chi connectivity index (χ3v) is 3.62. The summed E-state index contributed by atoms with van der Waals surface area (Å²) in [6, 6.07) is 4.86. The lowest BCUT2D eigenvalue weighted by Crippen LogP contribution is -2.13. The lowest BCUT2D eigenvalue weighted by Gasteiger charge is -2.09. The summed E-state index contributed by atoms with van der Waals surface area (Å²) in [5.41, 5.74) is 1.15. The number of hydrogen-bond acceptors (Lipinski definition) is 4. The number of phenolic OH excluding ortho intramolecular Hbond substituents is 1. The van der Waals surface area contributed by atoms with E-state index in [9.17, 15) is 9.90 Å². The number of hydrogen-bond donors (Lipinski definition) is 2. The SMILES string of the molecule is CCOc1cc(-c2nc(CC)c(Br)c(=O)[nH]2)ccc1O. The molecule has 0 atom stereocenters. The fraction of sp³-hybridized carbons (Fsp3) is 0.286. The Hall–Kier alpha value is -1.82. The molecule has 0 saturated carbocycles. The van der Waals surface area contributed by atoms with E-state index in [-0.39, 0.29) is 11.3 Å². The van der Waals surface area contributed by atoms with Crippen LogP contribution in [0.2, 0.25) is 0 Å². The van der Waals surface area contributed by atoms with Crippen molar-refractivity contribution in [3.05, 3.63) is 38.7 Å². The van der Waals surface area contributed by atoms with Crippen molar-refractivity contribution in [3.63, 3.8) is 0 Å². The Morgan fingerprint density at radius 2 is 2.15 bits per heavy atom. The first-order valence-electron chi connectivity index (χ1n) is 6.31. The molecule has 0 amide bonds. The molecule has 2 rings (SSSR count). The average molecular weight is 339 g/mol. The lowest BCUT2D eigenvalue weighted by molar-refractivity contribution is 0.318. The van der Waals surface area contributed by atoms with Gasteiger partial charge in [0.2, 0.25) is 0 Å². The van der Waals surface area contributed by atoms with Gasteiger partial charge in [0.15, 0.2) is 11.5 Å². The number of aromatic amines is 1. The smallest absolute Gasteiger partial charge is 0.265 e. The predicted molar refractivity (Wildman–Crippen MR) is 80.2 cm³/mol. The van der Waals surface area contributed by atoms with E-state index in [0.29, 0.717) is 40.3 Å². The van der Waals surface area contributed by atoms with Crippen LogP contribution in [0, 0.1) is 0 Å². The van der Waals surface area contributed by atoms with Crippen molar-refractivity contribution >= 4 is 15.9 Å². The summed E-state index contributed by atoms with van der Waals surface area (Å²) in [5, 5.41) is 9.69. The van der Waals surface area contributed by atoms with Crippen LogP contribution in [0.25, 0.3) is 11.4 Å². The van der Waals surface area contributed by atoms with Gasteiger partial charge in [-0.15, -0.1) is 0 Å². The standard InChI is InChI=1S/C14H15BrN2O3/c1-3-9-12(15)14(19)17-13(16-9)8-5-6-10(18)11(7-8)20-4-2/h5-7,18H,3-4H2,1-2H3,(H,16,17,19). The van der Waals surface area contributed by atoms with Gasteiger partial charge in [-0.05, 0) is 47.5 Å². The van der Waals surface area contributed by atoms with Crippen molar-refractivity contribution in [2.45, 2.75) is 20.3 Å². The average Bonchev–Trinajstić information content (AvgIpc) is 2.44. The first-order valence-corrected chi connectivity index (χ1v) is 7.11. The van der Waals surface area contributed by atoms with Gasteiger partial charge in [0.05, 0.1) is 12.3 Å². The van der Waals surface area contributed by atoms with Crippen LogP contribution in [0.3, 0.4) is 0 Å². The highest BCUT2D eigenvalue weighted by Crippen LogP contribution is 2.30. The van der Waals surface area contributed by atoms with Gasteiger partial charge in [0.1, 0.15) is 10.3 Å². The zero-order valence-corrected chi connectivity index (χ0v) is 12.8. The first-order chi connectivity index (χ1) is 9.56. The van der Waals surface area contributed by atoms with Crippen molar-refractivity contribution in [2.24, 2.45) is 0 Å². The third kappa shape index (κ3) is 2.85. The number of H-pyrrole nitrogens is 1. The Kier molecular flexibility index (Phi) is 4.44. The van der Waals surface area contributed by atoms with Gasteiger partial charge in [0.25, 0.3) is 5.56 Å². The number of phenols is 1. The molecule has 0 aliphatic heterocycles. The number of nitrogens with one attached hydrogen (secondary N) is 1. The number of aromatic hydroxyl groups is 1. The van der Waals surface area contributed by atoms with Gasteiger partial charge >= 0.3 is 0 Å². The number of aryl methyl sites for hydroxylation is 1. The fourth-order valence-corrected chi connectivity index (χ4v) is 2.28. The number of benzene rings is 1. The highest BCUT2D eigenvalue weighted by molar-refractivity contribution is 9.10. The Morgan fingerprint density at radius 1 is 1.40 bits per heavy atom. The molecule has 1 aromatic carbocycles. The molecule has 0 fully saturated rings. The van der Waals surface area contributed by atoms with Crippen LogP contribution in [0.15, 0.2) is 27.5 Å². The Bertz CT molecular complexity index is 683. The predicted octanol–water partition coefficient (Wildman–Crippen LogP) is 2.87. The maximum absolute atomic E-state index is 11.8. The molecule has 106 valence electrons. The molecule has 0 radical (unpaired) electrons. The molecule has 20 heavy (non-hydrogen) atoms. The number of nitrogens with zero attached hydrogens (tertiary/aromatic N) is 1. The van der Waals surface area contributed by atoms with Gasteiger partial charge in [-0.2, -0.15) is 0 Å². The number of ether oxygens (including phenoxy) is 1. The molecule has 0 spiro atoms. The molecule has 0 aliphatic rings. The second-order valence-corrected chi connectivity index (χ2v) is 4.94. The van der Waals surface area contributed by atoms with Gasteiger partial charge in [0, 0.05) is 5.56 Å². The maximum Gasteiger partial charge on any atom is 0.265 e. The zero-order valence-electron chi connectivity index (χ0n) is 11.2. The number of aromatic nitrogens is 2. The van der Waals surface area contributed by atoms with E-state index in [1.54, 1.807) is 12.1 Å². The summed E-state index contributed by atoms with van der Waals surface area (Å²) in [6.07, 6.45) is 0.647. The quantitative estimate of drug-likeness (QED) is 0.898. The van der Waals surface area contributed by atoms with Crippen LogP contribution in [0.5, 0.6) is 11.5 Å². The highest BCUT2D eigenvalue weighted by atomic mass is 79.9. The van der Waals surface area contributed by atoms with E-state index >= 15 is 0 Å². The van der Waals surface area contributed by atoms with E-state index in [4.69, 9.17) is 4.74 Å². The minimum absolute atomic E-state index is 0.0609. The van der Waals surface area contributed by atoms with Crippen LogP contribution in [0.1, 0.15) is 19.5 Å². The third-order valence-electron chi connectivity index (χ3n) is 2.80. The summed E-state index contributed by atoms with van der Waals surface area (Å²) in [4.78, 5) is 19.0. The molecule has 2 aromatic rings. The summed E-state index contributed by atoms with van der Waals surface area (Å²) in [7, 11) is 0. The topological polar surface area (TPSA) is 75.2 Å². The highest BCUT2D eigenvalue weighted by Gasteiger charge is 2.11. The van der Waals surface area contributed by atoms with Gasteiger partial charge in [-0.3, -0.25) is 4.79 Å². The molecule has 5 nitrogen and oxygen atoms in total. The van der Waals surface area contributed by atoms with Crippen LogP contribution in [-0.4, -0.2) is 21.7 Å². The molecule has 6 heteroatoms. The minimum atomic E-state index is -0.224. The zero-order chi connectivity index (χ0) is 14.7. The van der Waals surface area contributed by atoms with Crippen molar-refractivity contribution in [1.82, 2.24) is 9.97 Å². The van der Waals surface area contributed by atoms with Crippen LogP contribution >= 0.6 is 15.9 Å². The Labute approximate surface area is 124 Å². The number of halogens is 1. The van der Waals surface area contributed by atoms with Crippen molar-refractivity contribution < 1.29 is 9.84 Å². The Morgan fingerprint density at radius 3 is 2.80 bits per heavy atom.